The molecule has 2 rings (SSSR count). The molecule has 0 aliphatic heterocycles. The molecule has 0 aliphatic carbocycles. The highest BCUT2D eigenvalue weighted by Crippen LogP contribution is 2.18. The third-order valence-corrected chi connectivity index (χ3v) is 5.44. The van der Waals surface area contributed by atoms with Gasteiger partial charge in [0.15, 0.2) is 5.78 Å². The Kier molecular flexibility index (Phi) is 7.55. The van der Waals surface area contributed by atoms with E-state index in [1.165, 1.54) is 35.3 Å². The highest BCUT2D eigenvalue weighted by atomic mass is 32.2. The number of amides is 2. The van der Waals surface area contributed by atoms with E-state index in [4.69, 9.17) is 0 Å². The Labute approximate surface area is 165 Å². The Morgan fingerprint density at radius 1 is 1.22 bits per heavy atom. The summed E-state index contributed by atoms with van der Waals surface area (Å²) in [6, 6.07) is 5.47. The molecule has 0 spiro atoms. The number of hydrogen-bond donors (Lipinski definition) is 1. The molecule has 0 aliphatic rings. The number of nitrogens with zero attached hydrogens (tertiary/aromatic N) is 1. The highest BCUT2D eigenvalue weighted by Gasteiger charge is 2.15. The van der Waals surface area contributed by atoms with Gasteiger partial charge in [-0.25, -0.2) is 4.39 Å². The van der Waals surface area contributed by atoms with Crippen LogP contribution in [0.2, 0.25) is 0 Å². The molecule has 1 aromatic heterocycles. The molecule has 144 valence electrons. The highest BCUT2D eigenvalue weighted by molar-refractivity contribution is 7.98. The number of hydrogen-bond acceptors (Lipinski definition) is 5. The van der Waals surface area contributed by atoms with Crippen molar-refractivity contribution in [2.75, 3.05) is 30.9 Å². The van der Waals surface area contributed by atoms with Crippen LogP contribution in [0.4, 0.5) is 10.1 Å². The first-order chi connectivity index (χ1) is 12.8. The first-order valence-corrected chi connectivity index (χ1v) is 10.5. The summed E-state index contributed by atoms with van der Waals surface area (Å²) >= 11 is 2.90. The van der Waals surface area contributed by atoms with Crippen LogP contribution in [-0.2, 0) is 11.2 Å². The SMILES string of the molecule is CSCCN(C)C(=O)c1cc(F)cc(NC(=O)Cc2csc(C(C)=O)c2)c1. The topological polar surface area (TPSA) is 66.5 Å². The third kappa shape index (κ3) is 6.18. The van der Waals surface area contributed by atoms with Crippen molar-refractivity contribution in [1.29, 1.82) is 0 Å². The van der Waals surface area contributed by atoms with Crippen molar-refractivity contribution in [3.8, 4) is 0 Å². The molecular weight excluding hydrogens is 387 g/mol. The fourth-order valence-corrected chi connectivity index (χ4v) is 3.65. The average Bonchev–Trinajstić information content (AvgIpc) is 3.07. The van der Waals surface area contributed by atoms with Crippen LogP contribution in [0, 0.1) is 5.82 Å². The van der Waals surface area contributed by atoms with Gasteiger partial charge >= 0.3 is 0 Å². The second-order valence-corrected chi connectivity index (χ2v) is 7.95. The van der Waals surface area contributed by atoms with Crippen molar-refractivity contribution in [2.45, 2.75) is 13.3 Å². The number of halogens is 1. The van der Waals surface area contributed by atoms with Gasteiger partial charge in [-0.1, -0.05) is 0 Å². The van der Waals surface area contributed by atoms with Crippen molar-refractivity contribution in [3.05, 3.63) is 51.5 Å². The summed E-state index contributed by atoms with van der Waals surface area (Å²) in [6.07, 6.45) is 2.01. The average molecular weight is 409 g/mol. The summed E-state index contributed by atoms with van der Waals surface area (Å²) in [6.45, 7) is 2.02. The van der Waals surface area contributed by atoms with Crippen LogP contribution in [0.3, 0.4) is 0 Å². The molecule has 0 radical (unpaired) electrons. The van der Waals surface area contributed by atoms with E-state index in [0.717, 1.165) is 11.8 Å². The van der Waals surface area contributed by atoms with Crippen LogP contribution >= 0.6 is 23.1 Å². The van der Waals surface area contributed by atoms with Crippen molar-refractivity contribution >= 4 is 46.4 Å². The largest absolute Gasteiger partial charge is 0.341 e. The van der Waals surface area contributed by atoms with Gasteiger partial charge < -0.3 is 10.2 Å². The van der Waals surface area contributed by atoms with E-state index in [2.05, 4.69) is 5.32 Å². The van der Waals surface area contributed by atoms with Gasteiger partial charge in [0.1, 0.15) is 5.82 Å². The fraction of sp³-hybridized carbons (Fsp3) is 0.316. The zero-order valence-electron chi connectivity index (χ0n) is 15.4. The van der Waals surface area contributed by atoms with Crippen LogP contribution in [0.1, 0.15) is 32.5 Å². The molecule has 0 atom stereocenters. The lowest BCUT2D eigenvalue weighted by molar-refractivity contribution is -0.115. The quantitative estimate of drug-likeness (QED) is 0.677. The Balaban J connectivity index is 2.07. The number of benzene rings is 1. The van der Waals surface area contributed by atoms with E-state index in [1.54, 1.807) is 30.3 Å². The molecule has 1 heterocycles. The molecule has 27 heavy (non-hydrogen) atoms. The summed E-state index contributed by atoms with van der Waals surface area (Å²) < 4.78 is 13.9. The van der Waals surface area contributed by atoms with Gasteiger partial charge in [-0.15, -0.1) is 11.3 Å². The van der Waals surface area contributed by atoms with Crippen LogP contribution in [0.15, 0.2) is 29.6 Å². The van der Waals surface area contributed by atoms with E-state index in [1.807, 2.05) is 6.26 Å². The molecule has 2 amide bonds. The number of carbonyl (C=O) groups excluding carboxylic acids is 3. The second-order valence-electron chi connectivity index (χ2n) is 6.05. The monoisotopic (exact) mass is 408 g/mol. The minimum Gasteiger partial charge on any atom is -0.341 e. The molecule has 0 unspecified atom stereocenters. The summed E-state index contributed by atoms with van der Waals surface area (Å²) in [4.78, 5) is 38.1. The lowest BCUT2D eigenvalue weighted by Crippen LogP contribution is -2.29. The predicted molar refractivity (Wildman–Crippen MR) is 108 cm³/mol. The van der Waals surface area contributed by atoms with Crippen LogP contribution in [0.25, 0.3) is 0 Å². The maximum atomic E-state index is 13.9. The van der Waals surface area contributed by atoms with Gasteiger partial charge in [0, 0.05) is 30.6 Å². The van der Waals surface area contributed by atoms with Crippen molar-refractivity contribution in [3.63, 3.8) is 0 Å². The number of thioether (sulfide) groups is 1. The molecule has 0 bridgehead atoms. The van der Waals surface area contributed by atoms with Gasteiger partial charge in [0.2, 0.25) is 5.91 Å². The number of ketones is 1. The lowest BCUT2D eigenvalue weighted by Gasteiger charge is -2.17. The molecule has 5 nitrogen and oxygen atoms in total. The van der Waals surface area contributed by atoms with Gasteiger partial charge in [-0.3, -0.25) is 14.4 Å². The Hall–Kier alpha value is -2.19. The number of anilines is 1. The number of thiophene rings is 1. The maximum Gasteiger partial charge on any atom is 0.253 e. The van der Waals surface area contributed by atoms with E-state index in [-0.39, 0.29) is 35.3 Å². The predicted octanol–water partition coefficient (Wildman–Crippen LogP) is 3.71. The number of rotatable bonds is 8. The second kappa shape index (κ2) is 9.66. The normalized spacial score (nSPS) is 10.5. The summed E-state index contributed by atoms with van der Waals surface area (Å²) in [5.74, 6) is -0.510. The summed E-state index contributed by atoms with van der Waals surface area (Å²) in [5, 5.41) is 4.36. The van der Waals surface area contributed by atoms with Gasteiger partial charge in [-0.2, -0.15) is 11.8 Å². The third-order valence-electron chi connectivity index (χ3n) is 3.77. The minimum atomic E-state index is -0.594. The Bertz CT molecular complexity index is 851. The van der Waals surface area contributed by atoms with Gasteiger partial charge in [-0.05, 0) is 48.4 Å². The van der Waals surface area contributed by atoms with E-state index in [0.29, 0.717) is 17.0 Å². The number of nitrogens with one attached hydrogen (secondary N) is 1. The summed E-state index contributed by atoms with van der Waals surface area (Å²) in [5.41, 5.74) is 1.12. The first kappa shape index (κ1) is 21.1. The van der Waals surface area contributed by atoms with Gasteiger partial charge in [0.05, 0.1) is 11.3 Å². The molecule has 1 N–H and O–H groups in total. The minimum absolute atomic E-state index is 0.0504. The Morgan fingerprint density at radius 2 is 1.96 bits per heavy atom. The molecule has 0 fully saturated rings. The molecule has 2 aromatic rings. The standard InChI is InChI=1S/C19H21FN2O3S2/c1-12(23)17-6-13(11-27-17)7-18(24)21-16-9-14(8-15(20)10-16)19(25)22(2)4-5-26-3/h6,8-11H,4-5,7H2,1-3H3,(H,21,24). The first-order valence-electron chi connectivity index (χ1n) is 8.23. The fourth-order valence-electron chi connectivity index (χ4n) is 2.38. The smallest absolute Gasteiger partial charge is 0.253 e. The van der Waals surface area contributed by atoms with Crippen LogP contribution in [0.5, 0.6) is 0 Å². The van der Waals surface area contributed by atoms with Gasteiger partial charge in [0.25, 0.3) is 5.91 Å². The molecule has 0 saturated heterocycles. The van der Waals surface area contributed by atoms with Crippen molar-refractivity contribution in [2.24, 2.45) is 0 Å². The molecule has 0 saturated carbocycles. The van der Waals surface area contributed by atoms with Crippen molar-refractivity contribution < 1.29 is 18.8 Å². The molecule has 8 heteroatoms. The van der Waals surface area contributed by atoms with Crippen LogP contribution in [-0.4, -0.2) is 48.1 Å². The van der Waals surface area contributed by atoms with Crippen LogP contribution < -0.4 is 5.32 Å². The number of Topliss-reactive ketones (excluding diaryl/α,β-unsaturated/α-hetero) is 1. The van der Waals surface area contributed by atoms with Crippen molar-refractivity contribution in [1.82, 2.24) is 4.90 Å². The zero-order valence-corrected chi connectivity index (χ0v) is 17.0. The number of carbonyl (C=O) groups is 3. The summed E-state index contributed by atoms with van der Waals surface area (Å²) in [7, 11) is 1.66. The zero-order chi connectivity index (χ0) is 20.0. The van der Waals surface area contributed by atoms with E-state index >= 15 is 0 Å². The van der Waals surface area contributed by atoms with E-state index in [9.17, 15) is 18.8 Å². The maximum absolute atomic E-state index is 13.9. The Morgan fingerprint density at radius 3 is 2.59 bits per heavy atom. The molecular formula is C19H21FN2O3S2. The lowest BCUT2D eigenvalue weighted by atomic mass is 10.1. The van der Waals surface area contributed by atoms with E-state index < -0.39 is 5.82 Å². The molecule has 1 aromatic carbocycles.